The van der Waals surface area contributed by atoms with Gasteiger partial charge in [0.25, 0.3) is 0 Å². The monoisotopic (exact) mass is 551 g/mol. The van der Waals surface area contributed by atoms with E-state index < -0.39 is 5.97 Å². The van der Waals surface area contributed by atoms with Crippen LogP contribution in [0.15, 0.2) is 47.3 Å². The van der Waals surface area contributed by atoms with Crippen molar-refractivity contribution in [3.8, 4) is 5.75 Å². The van der Waals surface area contributed by atoms with Crippen molar-refractivity contribution < 1.29 is 14.6 Å². The number of ether oxygens (including phenoxy) is 1. The number of pyridine rings is 1. The summed E-state index contributed by atoms with van der Waals surface area (Å²) in [5.41, 5.74) is 7.41. The molecule has 2 aromatic carbocycles. The lowest BCUT2D eigenvalue weighted by Crippen LogP contribution is -2.32. The fourth-order valence-corrected chi connectivity index (χ4v) is 5.39. The van der Waals surface area contributed by atoms with Gasteiger partial charge in [-0.3, -0.25) is 14.5 Å². The number of H-pyrrole nitrogens is 1. The van der Waals surface area contributed by atoms with Crippen molar-refractivity contribution in [2.75, 3.05) is 6.54 Å². The predicted octanol–water partition coefficient (Wildman–Crippen LogP) is 4.48. The molecule has 4 aromatic rings. The van der Waals surface area contributed by atoms with Gasteiger partial charge in [0, 0.05) is 38.7 Å². The lowest BCUT2D eigenvalue weighted by atomic mass is 9.84. The van der Waals surface area contributed by atoms with E-state index >= 15 is 0 Å². The van der Waals surface area contributed by atoms with E-state index in [1.807, 2.05) is 32.2 Å². The molecular formula is C29H34ClN5O4. The number of carboxylic acid groups (broad SMARTS) is 1. The number of carbonyl (C=O) groups is 1. The number of aromatic nitrogens is 4. The van der Waals surface area contributed by atoms with Gasteiger partial charge in [-0.05, 0) is 60.2 Å². The van der Waals surface area contributed by atoms with Gasteiger partial charge >= 0.3 is 5.97 Å². The number of hydrogen-bond donors (Lipinski definition) is 2. The molecule has 0 aliphatic carbocycles. The van der Waals surface area contributed by atoms with E-state index in [0.717, 1.165) is 63.3 Å². The van der Waals surface area contributed by atoms with E-state index in [0.29, 0.717) is 13.1 Å². The Hall–Kier alpha value is -3.69. The molecule has 1 aliphatic heterocycles. The topological polar surface area (TPSA) is 113 Å². The molecular weight excluding hydrogens is 518 g/mol. The molecule has 2 N–H and O–H groups in total. The van der Waals surface area contributed by atoms with Crippen LogP contribution in [-0.2, 0) is 24.9 Å². The first-order valence-electron chi connectivity index (χ1n) is 12.9. The average Bonchev–Trinajstić information content (AvgIpc) is 3.17. The summed E-state index contributed by atoms with van der Waals surface area (Å²) in [6.45, 7) is 8.08. The maximum absolute atomic E-state index is 12.0. The second kappa shape index (κ2) is 11.6. The number of halogens is 1. The van der Waals surface area contributed by atoms with E-state index in [9.17, 15) is 14.7 Å². The Morgan fingerprint density at radius 1 is 1.21 bits per heavy atom. The third-order valence-electron chi connectivity index (χ3n) is 7.55. The summed E-state index contributed by atoms with van der Waals surface area (Å²) in [5.74, 6) is -0.459. The largest absolute Gasteiger partial charge is 0.487 e. The lowest BCUT2D eigenvalue weighted by molar-refractivity contribution is -0.137. The molecule has 10 heteroatoms. The van der Waals surface area contributed by atoms with Gasteiger partial charge in [-0.25, -0.2) is 4.68 Å². The molecule has 0 saturated carbocycles. The third-order valence-corrected chi connectivity index (χ3v) is 7.55. The summed E-state index contributed by atoms with van der Waals surface area (Å²) in [6.07, 6.45) is 0.824. The van der Waals surface area contributed by atoms with E-state index in [2.05, 4.69) is 46.2 Å². The van der Waals surface area contributed by atoms with Crippen LogP contribution < -0.4 is 10.3 Å². The fraction of sp³-hybridized carbons (Fsp3) is 0.379. The van der Waals surface area contributed by atoms with E-state index in [1.165, 1.54) is 6.07 Å². The maximum atomic E-state index is 12.0. The SMILES string of the molecule is CC[C@@H]1CN(Cc2cc(C(CC(=O)O)c3ccc4c(nnn4C)c3C)ccc2C)Cc2[nH]c(=O)ccc2O1.Cl. The molecule has 0 spiro atoms. The van der Waals surface area contributed by atoms with Crippen molar-refractivity contribution in [1.29, 1.82) is 0 Å². The molecule has 0 amide bonds. The summed E-state index contributed by atoms with van der Waals surface area (Å²) in [4.78, 5) is 29.2. The number of nitrogens with zero attached hydrogens (tertiary/aromatic N) is 4. The number of hydrogen-bond acceptors (Lipinski definition) is 6. The molecule has 206 valence electrons. The molecule has 2 atom stereocenters. The van der Waals surface area contributed by atoms with Crippen LogP contribution in [0.3, 0.4) is 0 Å². The van der Waals surface area contributed by atoms with Crippen molar-refractivity contribution >= 4 is 29.4 Å². The standard InChI is InChI=1S/C29H33N5O4.ClH/c1-5-21-15-34(16-24-26(38-21)10-11-27(35)30-24)14-20-12-19(7-6-17(20)2)23(13-28(36)37)22-8-9-25-29(18(22)3)31-32-33(25)4;/h6-12,21,23H,5,13-16H2,1-4H3,(H,30,35)(H,36,37);1H/t21-,23?;/m1./s1. The van der Waals surface area contributed by atoms with Crippen molar-refractivity contribution in [2.24, 2.45) is 7.05 Å². The highest BCUT2D eigenvalue weighted by molar-refractivity contribution is 5.85. The first-order valence-corrected chi connectivity index (χ1v) is 12.9. The van der Waals surface area contributed by atoms with Gasteiger partial charge in [0.05, 0.1) is 17.6 Å². The molecule has 3 heterocycles. The van der Waals surface area contributed by atoms with Gasteiger partial charge < -0.3 is 14.8 Å². The number of carboxylic acids is 1. The van der Waals surface area contributed by atoms with Gasteiger partial charge in [-0.15, -0.1) is 17.5 Å². The number of fused-ring (bicyclic) bond motifs is 2. The minimum atomic E-state index is -0.855. The van der Waals surface area contributed by atoms with Crippen molar-refractivity contribution in [2.45, 2.75) is 58.7 Å². The first-order chi connectivity index (χ1) is 18.2. The maximum Gasteiger partial charge on any atom is 0.304 e. The number of aromatic amines is 1. The van der Waals surface area contributed by atoms with Gasteiger partial charge in [-0.1, -0.05) is 36.4 Å². The summed E-state index contributed by atoms with van der Waals surface area (Å²) < 4.78 is 7.91. The van der Waals surface area contributed by atoms with Crippen LogP contribution in [-0.4, -0.2) is 48.6 Å². The van der Waals surface area contributed by atoms with Crippen LogP contribution in [0, 0.1) is 13.8 Å². The molecule has 1 aliphatic rings. The number of rotatable bonds is 7. The zero-order chi connectivity index (χ0) is 27.0. The number of nitrogens with one attached hydrogen (secondary N) is 1. The smallest absolute Gasteiger partial charge is 0.304 e. The highest BCUT2D eigenvalue weighted by Crippen LogP contribution is 2.34. The molecule has 0 bridgehead atoms. The minimum Gasteiger partial charge on any atom is -0.487 e. The second-order valence-electron chi connectivity index (χ2n) is 10.2. The zero-order valence-corrected chi connectivity index (χ0v) is 23.4. The minimum absolute atomic E-state index is 0. The molecule has 0 radical (unpaired) electrons. The highest BCUT2D eigenvalue weighted by atomic mass is 35.5. The van der Waals surface area contributed by atoms with Gasteiger partial charge in [0.2, 0.25) is 5.56 Å². The van der Waals surface area contributed by atoms with Crippen molar-refractivity contribution in [3.05, 3.63) is 86.3 Å². The Morgan fingerprint density at radius 2 is 2.00 bits per heavy atom. The number of benzene rings is 2. The third kappa shape index (κ3) is 5.84. The van der Waals surface area contributed by atoms with Crippen LogP contribution in [0.5, 0.6) is 5.75 Å². The Bertz CT molecular complexity index is 1560. The Kier molecular flexibility index (Phi) is 8.42. The molecule has 39 heavy (non-hydrogen) atoms. The van der Waals surface area contributed by atoms with Crippen LogP contribution in [0.25, 0.3) is 11.0 Å². The van der Waals surface area contributed by atoms with Crippen LogP contribution >= 0.6 is 12.4 Å². The summed E-state index contributed by atoms with van der Waals surface area (Å²) in [6, 6.07) is 13.4. The van der Waals surface area contributed by atoms with E-state index in [4.69, 9.17) is 4.74 Å². The number of aryl methyl sites for hydroxylation is 3. The predicted molar refractivity (Wildman–Crippen MR) is 152 cm³/mol. The number of aliphatic carboxylic acids is 1. The van der Waals surface area contributed by atoms with Crippen LogP contribution in [0.4, 0.5) is 0 Å². The van der Waals surface area contributed by atoms with E-state index in [1.54, 1.807) is 10.7 Å². The second-order valence-corrected chi connectivity index (χ2v) is 10.2. The van der Waals surface area contributed by atoms with Gasteiger partial charge in [0.15, 0.2) is 0 Å². The Morgan fingerprint density at radius 3 is 2.74 bits per heavy atom. The van der Waals surface area contributed by atoms with Gasteiger partial charge in [0.1, 0.15) is 17.4 Å². The summed E-state index contributed by atoms with van der Waals surface area (Å²) in [5, 5.41) is 18.3. The Labute approximate surface area is 233 Å². The van der Waals surface area contributed by atoms with Crippen molar-refractivity contribution in [1.82, 2.24) is 24.9 Å². The normalized spacial score (nSPS) is 16.2. The van der Waals surface area contributed by atoms with E-state index in [-0.39, 0.29) is 36.4 Å². The summed E-state index contributed by atoms with van der Waals surface area (Å²) in [7, 11) is 1.85. The average molecular weight is 552 g/mol. The van der Waals surface area contributed by atoms with Crippen LogP contribution in [0.2, 0.25) is 0 Å². The molecule has 0 fully saturated rings. The van der Waals surface area contributed by atoms with Crippen LogP contribution in [0.1, 0.15) is 59.2 Å². The molecule has 5 rings (SSSR count). The fourth-order valence-electron chi connectivity index (χ4n) is 5.39. The zero-order valence-electron chi connectivity index (χ0n) is 22.6. The molecule has 1 unspecified atom stereocenters. The Balaban J connectivity index is 0.00000353. The molecule has 2 aromatic heterocycles. The van der Waals surface area contributed by atoms with Gasteiger partial charge in [-0.2, -0.15) is 0 Å². The quantitative estimate of drug-likeness (QED) is 0.348. The first kappa shape index (κ1) is 28.3. The summed E-state index contributed by atoms with van der Waals surface area (Å²) >= 11 is 0. The lowest BCUT2D eigenvalue weighted by Gasteiger charge is -2.25. The highest BCUT2D eigenvalue weighted by Gasteiger charge is 2.25. The molecule has 9 nitrogen and oxygen atoms in total. The van der Waals surface area contributed by atoms with Crippen molar-refractivity contribution in [3.63, 3.8) is 0 Å². The molecule has 0 saturated heterocycles.